The molecule has 3 rings (SSSR count). The van der Waals surface area contributed by atoms with E-state index >= 15 is 0 Å². The summed E-state index contributed by atoms with van der Waals surface area (Å²) in [5, 5.41) is 3.01. The summed E-state index contributed by atoms with van der Waals surface area (Å²) >= 11 is 11.9. The molecule has 4 nitrogen and oxygen atoms in total. The lowest BCUT2D eigenvalue weighted by atomic mass is 9.96. The van der Waals surface area contributed by atoms with E-state index in [9.17, 15) is 9.59 Å². The number of carbonyl (C=O) groups is 2. The molecule has 0 aromatic rings. The first-order chi connectivity index (χ1) is 9.47. The molecule has 6 heteroatoms. The van der Waals surface area contributed by atoms with Crippen molar-refractivity contribution in [1.29, 1.82) is 0 Å². The highest BCUT2D eigenvalue weighted by Gasteiger charge is 2.57. The van der Waals surface area contributed by atoms with Crippen LogP contribution in [0.2, 0.25) is 0 Å². The van der Waals surface area contributed by atoms with Gasteiger partial charge in [-0.25, -0.2) is 0 Å². The van der Waals surface area contributed by atoms with Crippen LogP contribution in [0.15, 0.2) is 0 Å². The fraction of sp³-hybridized carbons (Fsp3) is 0.857. The first kappa shape index (κ1) is 14.5. The van der Waals surface area contributed by atoms with Gasteiger partial charge in [0.1, 0.15) is 4.33 Å². The first-order valence-electron chi connectivity index (χ1n) is 7.41. The van der Waals surface area contributed by atoms with E-state index in [0.717, 1.165) is 19.4 Å². The van der Waals surface area contributed by atoms with Crippen LogP contribution < -0.4 is 5.32 Å². The number of amides is 2. The molecule has 2 amide bonds. The molecule has 0 spiro atoms. The highest BCUT2D eigenvalue weighted by molar-refractivity contribution is 6.52. The van der Waals surface area contributed by atoms with Crippen LogP contribution in [-0.2, 0) is 9.59 Å². The first-order valence-corrected chi connectivity index (χ1v) is 8.17. The molecule has 20 heavy (non-hydrogen) atoms. The predicted octanol–water partition coefficient (Wildman–Crippen LogP) is 1.94. The average Bonchev–Trinajstić information content (AvgIpc) is 3.33. The van der Waals surface area contributed by atoms with E-state index < -0.39 is 4.33 Å². The predicted molar refractivity (Wildman–Crippen MR) is 77.6 cm³/mol. The molecule has 112 valence electrons. The summed E-state index contributed by atoms with van der Waals surface area (Å²) in [6, 6.07) is 0. The van der Waals surface area contributed by atoms with Crippen LogP contribution in [0.1, 0.15) is 32.1 Å². The number of piperidine rings is 1. The minimum absolute atomic E-state index is 0.00897. The quantitative estimate of drug-likeness (QED) is 0.805. The number of nitrogens with one attached hydrogen (secondary N) is 1. The molecular weight excluding hydrogens is 299 g/mol. The Morgan fingerprint density at radius 1 is 1.25 bits per heavy atom. The largest absolute Gasteiger partial charge is 0.356 e. The summed E-state index contributed by atoms with van der Waals surface area (Å²) in [5.74, 6) is 0.423. The number of alkyl halides is 2. The van der Waals surface area contributed by atoms with Crippen LogP contribution in [0, 0.1) is 17.8 Å². The normalized spacial score (nSPS) is 31.8. The molecule has 3 aliphatic rings. The fourth-order valence-electron chi connectivity index (χ4n) is 2.80. The second-order valence-electron chi connectivity index (χ2n) is 6.33. The van der Waals surface area contributed by atoms with Gasteiger partial charge in [0.05, 0.1) is 11.8 Å². The number of hydrogen-bond donors (Lipinski definition) is 1. The van der Waals surface area contributed by atoms with Crippen molar-refractivity contribution in [2.45, 2.75) is 36.4 Å². The number of likely N-dealkylation sites (tertiary alicyclic amines) is 1. The van der Waals surface area contributed by atoms with Crippen molar-refractivity contribution < 1.29 is 9.59 Å². The van der Waals surface area contributed by atoms with Gasteiger partial charge in [-0.05, 0) is 38.0 Å². The van der Waals surface area contributed by atoms with Crippen molar-refractivity contribution in [3.05, 3.63) is 0 Å². The Bertz CT molecular complexity index is 423. The van der Waals surface area contributed by atoms with Crippen molar-refractivity contribution in [3.8, 4) is 0 Å². The third-order valence-electron chi connectivity index (χ3n) is 4.49. The zero-order valence-corrected chi connectivity index (χ0v) is 12.9. The van der Waals surface area contributed by atoms with Gasteiger partial charge in [-0.15, -0.1) is 23.2 Å². The molecule has 1 saturated heterocycles. The van der Waals surface area contributed by atoms with Gasteiger partial charge < -0.3 is 10.2 Å². The van der Waals surface area contributed by atoms with E-state index in [0.29, 0.717) is 25.4 Å². The van der Waals surface area contributed by atoms with Crippen molar-refractivity contribution in [1.82, 2.24) is 10.2 Å². The van der Waals surface area contributed by atoms with E-state index in [4.69, 9.17) is 23.2 Å². The van der Waals surface area contributed by atoms with Crippen LogP contribution in [0.4, 0.5) is 0 Å². The Morgan fingerprint density at radius 3 is 2.55 bits per heavy atom. The standard InChI is InChI=1S/C14H20Cl2N2O2/c15-14(16)6-11(14)13(20)18-5-1-2-10(8-18)12(19)17-7-9-3-4-9/h9-11H,1-8H2,(H,17,19). The fourth-order valence-corrected chi connectivity index (χ4v) is 3.30. The highest BCUT2D eigenvalue weighted by Crippen LogP contribution is 2.54. The minimum atomic E-state index is -0.877. The van der Waals surface area contributed by atoms with Crippen LogP contribution in [0.25, 0.3) is 0 Å². The second kappa shape index (κ2) is 5.38. The summed E-state index contributed by atoms with van der Waals surface area (Å²) in [4.78, 5) is 26.1. The zero-order chi connectivity index (χ0) is 14.3. The number of rotatable bonds is 4. The second-order valence-corrected chi connectivity index (χ2v) is 7.87. The Morgan fingerprint density at radius 2 is 1.95 bits per heavy atom. The van der Waals surface area contributed by atoms with Crippen LogP contribution in [0.5, 0.6) is 0 Å². The van der Waals surface area contributed by atoms with Gasteiger partial charge in [0.15, 0.2) is 0 Å². The molecule has 1 aliphatic heterocycles. The van der Waals surface area contributed by atoms with Gasteiger partial charge in [-0.2, -0.15) is 0 Å². The molecule has 0 aromatic heterocycles. The molecule has 2 aliphatic carbocycles. The molecule has 2 saturated carbocycles. The van der Waals surface area contributed by atoms with Crippen LogP contribution in [0.3, 0.4) is 0 Å². The third kappa shape index (κ3) is 3.22. The monoisotopic (exact) mass is 318 g/mol. The van der Waals surface area contributed by atoms with Crippen molar-refractivity contribution in [3.63, 3.8) is 0 Å². The SMILES string of the molecule is O=C(NCC1CC1)C1CCCN(C(=O)C2CC2(Cl)Cl)C1. The number of halogens is 2. The van der Waals surface area contributed by atoms with E-state index in [1.165, 1.54) is 12.8 Å². The molecule has 2 unspecified atom stereocenters. The number of carbonyl (C=O) groups excluding carboxylic acids is 2. The van der Waals surface area contributed by atoms with Gasteiger partial charge in [-0.3, -0.25) is 9.59 Å². The molecule has 0 radical (unpaired) electrons. The molecule has 3 fully saturated rings. The van der Waals surface area contributed by atoms with E-state index in [1.54, 1.807) is 4.90 Å². The van der Waals surface area contributed by atoms with Gasteiger partial charge in [0.25, 0.3) is 0 Å². The minimum Gasteiger partial charge on any atom is -0.356 e. The Kier molecular flexibility index (Phi) is 3.89. The molecular formula is C14H20Cl2N2O2. The number of nitrogens with zero attached hydrogens (tertiary/aromatic N) is 1. The summed E-state index contributed by atoms with van der Waals surface area (Å²) in [6.45, 7) is 2.01. The summed E-state index contributed by atoms with van der Waals surface area (Å²) < 4.78 is -0.877. The van der Waals surface area contributed by atoms with Gasteiger partial charge in [0, 0.05) is 19.6 Å². The Hall–Kier alpha value is -0.480. The van der Waals surface area contributed by atoms with Gasteiger partial charge in [-0.1, -0.05) is 0 Å². The average molecular weight is 319 g/mol. The number of hydrogen-bond acceptors (Lipinski definition) is 2. The summed E-state index contributed by atoms with van der Waals surface area (Å²) in [5.41, 5.74) is 0. The maximum Gasteiger partial charge on any atom is 0.228 e. The van der Waals surface area contributed by atoms with Gasteiger partial charge in [0.2, 0.25) is 11.8 Å². The van der Waals surface area contributed by atoms with E-state index in [2.05, 4.69) is 5.32 Å². The van der Waals surface area contributed by atoms with Crippen molar-refractivity contribution >= 4 is 35.0 Å². The Balaban J connectivity index is 1.50. The molecule has 0 aromatic carbocycles. The molecule has 2 atom stereocenters. The summed E-state index contributed by atoms with van der Waals surface area (Å²) in [6.07, 6.45) is 4.72. The third-order valence-corrected chi connectivity index (χ3v) is 5.33. The maximum atomic E-state index is 12.2. The lowest BCUT2D eigenvalue weighted by Crippen LogP contribution is -2.46. The van der Waals surface area contributed by atoms with Crippen molar-refractivity contribution in [2.75, 3.05) is 19.6 Å². The van der Waals surface area contributed by atoms with Crippen LogP contribution >= 0.6 is 23.2 Å². The topological polar surface area (TPSA) is 49.4 Å². The van der Waals surface area contributed by atoms with Crippen molar-refractivity contribution in [2.24, 2.45) is 17.8 Å². The highest BCUT2D eigenvalue weighted by atomic mass is 35.5. The van der Waals surface area contributed by atoms with Gasteiger partial charge >= 0.3 is 0 Å². The lowest BCUT2D eigenvalue weighted by molar-refractivity contribution is -0.136. The Labute approximate surface area is 129 Å². The molecule has 1 N–H and O–H groups in total. The van der Waals surface area contributed by atoms with Crippen LogP contribution in [-0.4, -0.2) is 40.7 Å². The smallest absolute Gasteiger partial charge is 0.228 e. The molecule has 0 bridgehead atoms. The van der Waals surface area contributed by atoms with E-state index in [-0.39, 0.29) is 23.7 Å². The van der Waals surface area contributed by atoms with E-state index in [1.807, 2.05) is 0 Å². The summed E-state index contributed by atoms with van der Waals surface area (Å²) in [7, 11) is 0. The lowest BCUT2D eigenvalue weighted by Gasteiger charge is -2.32. The molecule has 1 heterocycles. The maximum absolute atomic E-state index is 12.2. The zero-order valence-electron chi connectivity index (χ0n) is 11.4.